The molecule has 0 saturated heterocycles. The zero-order valence-corrected chi connectivity index (χ0v) is 15.1. The molecule has 0 saturated carbocycles. The van der Waals surface area contributed by atoms with Gasteiger partial charge in [0.15, 0.2) is 0 Å². The molecule has 132 valence electrons. The molecule has 0 bridgehead atoms. The summed E-state index contributed by atoms with van der Waals surface area (Å²) < 4.78 is 30.5. The van der Waals surface area contributed by atoms with Crippen LogP contribution in [-0.2, 0) is 30.5 Å². The van der Waals surface area contributed by atoms with Crippen molar-refractivity contribution in [2.75, 3.05) is 6.54 Å². The second-order valence-electron chi connectivity index (χ2n) is 6.04. The van der Waals surface area contributed by atoms with Crippen molar-refractivity contribution in [1.29, 1.82) is 0 Å². The summed E-state index contributed by atoms with van der Waals surface area (Å²) in [5.74, 6) is 0. The van der Waals surface area contributed by atoms with E-state index in [-0.39, 0.29) is 10.6 Å². The summed E-state index contributed by atoms with van der Waals surface area (Å²) in [6.45, 7) is 0.364. The molecule has 3 aromatic rings. The molecular weight excluding hydrogens is 338 g/mol. The van der Waals surface area contributed by atoms with Crippen LogP contribution in [-0.4, -0.2) is 24.1 Å². The fourth-order valence-corrected chi connectivity index (χ4v) is 3.97. The quantitative estimate of drug-likeness (QED) is 0.682. The second kappa shape index (κ2) is 6.85. The van der Waals surface area contributed by atoms with Crippen LogP contribution in [0, 0.1) is 0 Å². The normalized spacial score (nSPS) is 11.9. The van der Waals surface area contributed by atoms with Crippen molar-refractivity contribution < 1.29 is 8.42 Å². The van der Waals surface area contributed by atoms with Gasteiger partial charge in [-0.3, -0.25) is 9.13 Å². The van der Waals surface area contributed by atoms with Crippen LogP contribution in [0.3, 0.4) is 0 Å². The Bertz CT molecular complexity index is 1050. The highest BCUT2D eigenvalue weighted by Gasteiger charge is 2.16. The first-order valence-corrected chi connectivity index (χ1v) is 9.57. The Hall–Kier alpha value is -2.38. The second-order valence-corrected chi connectivity index (χ2v) is 7.81. The van der Waals surface area contributed by atoms with Gasteiger partial charge in [0.1, 0.15) is 0 Å². The molecule has 1 heterocycles. The van der Waals surface area contributed by atoms with Crippen LogP contribution < -0.4 is 10.4 Å². The van der Waals surface area contributed by atoms with Crippen molar-refractivity contribution in [3.8, 4) is 0 Å². The fraction of sp³-hybridized carbons (Fsp3) is 0.278. The molecular formula is C18H21N3O3S. The van der Waals surface area contributed by atoms with Gasteiger partial charge >= 0.3 is 5.69 Å². The van der Waals surface area contributed by atoms with Crippen molar-refractivity contribution in [3.05, 3.63) is 64.6 Å². The van der Waals surface area contributed by atoms with E-state index in [9.17, 15) is 13.2 Å². The Morgan fingerprint density at radius 2 is 1.64 bits per heavy atom. The number of nitrogens with zero attached hydrogens (tertiary/aromatic N) is 2. The lowest BCUT2D eigenvalue weighted by Crippen LogP contribution is -2.25. The van der Waals surface area contributed by atoms with Crippen LogP contribution in [0.4, 0.5) is 0 Å². The molecule has 0 spiro atoms. The Kier molecular flexibility index (Phi) is 4.78. The summed E-state index contributed by atoms with van der Waals surface area (Å²) in [6.07, 6.45) is 1.53. The van der Waals surface area contributed by atoms with E-state index in [1.807, 2.05) is 30.3 Å². The lowest BCUT2D eigenvalue weighted by Gasteiger charge is -2.07. The summed E-state index contributed by atoms with van der Waals surface area (Å²) in [6, 6.07) is 14.7. The molecule has 1 aromatic heterocycles. The van der Waals surface area contributed by atoms with Crippen LogP contribution in [0.1, 0.15) is 12.0 Å². The molecule has 6 nitrogen and oxygen atoms in total. The van der Waals surface area contributed by atoms with Gasteiger partial charge in [0, 0.05) is 20.6 Å². The first-order valence-electron chi connectivity index (χ1n) is 8.09. The van der Waals surface area contributed by atoms with Crippen LogP contribution in [0.15, 0.2) is 58.2 Å². The van der Waals surface area contributed by atoms with Crippen molar-refractivity contribution in [2.24, 2.45) is 14.1 Å². The molecule has 25 heavy (non-hydrogen) atoms. The van der Waals surface area contributed by atoms with Gasteiger partial charge in [0.05, 0.1) is 15.9 Å². The Morgan fingerprint density at radius 3 is 2.36 bits per heavy atom. The number of hydrogen-bond acceptors (Lipinski definition) is 3. The number of aryl methyl sites for hydroxylation is 3. The van der Waals surface area contributed by atoms with Gasteiger partial charge in [-0.1, -0.05) is 30.3 Å². The maximum atomic E-state index is 12.5. The molecule has 0 aliphatic rings. The summed E-state index contributed by atoms with van der Waals surface area (Å²) in [5, 5.41) is 0. The van der Waals surface area contributed by atoms with Crippen molar-refractivity contribution >= 4 is 21.1 Å². The van der Waals surface area contributed by atoms with Crippen LogP contribution in [0.2, 0.25) is 0 Å². The third-order valence-corrected chi connectivity index (χ3v) is 5.79. The molecule has 0 radical (unpaired) electrons. The Morgan fingerprint density at radius 1 is 0.960 bits per heavy atom. The molecule has 7 heteroatoms. The fourth-order valence-electron chi connectivity index (χ4n) is 2.88. The highest BCUT2D eigenvalue weighted by atomic mass is 32.2. The maximum Gasteiger partial charge on any atom is 0.328 e. The number of nitrogens with one attached hydrogen (secondary N) is 1. The third kappa shape index (κ3) is 3.52. The number of imidazole rings is 1. The number of aromatic nitrogens is 2. The highest BCUT2D eigenvalue weighted by molar-refractivity contribution is 7.89. The number of benzene rings is 2. The maximum absolute atomic E-state index is 12.5. The number of rotatable bonds is 6. The lowest BCUT2D eigenvalue weighted by atomic mass is 10.1. The minimum Gasteiger partial charge on any atom is -0.295 e. The van der Waals surface area contributed by atoms with E-state index >= 15 is 0 Å². The number of hydrogen-bond donors (Lipinski definition) is 1. The predicted octanol–water partition coefficient (Wildman–Crippen LogP) is 1.79. The van der Waals surface area contributed by atoms with E-state index in [0.29, 0.717) is 17.6 Å². The van der Waals surface area contributed by atoms with Gasteiger partial charge in [0.25, 0.3) is 0 Å². The van der Waals surface area contributed by atoms with Crippen LogP contribution in [0.25, 0.3) is 11.0 Å². The SMILES string of the molecule is Cn1c(=O)n(C)c2cc(S(=O)(=O)NCCCc3ccccc3)ccc21. The minimum atomic E-state index is -3.60. The zero-order valence-electron chi connectivity index (χ0n) is 14.3. The van der Waals surface area contributed by atoms with Crippen LogP contribution in [0.5, 0.6) is 0 Å². The van der Waals surface area contributed by atoms with E-state index in [0.717, 1.165) is 12.8 Å². The standard InChI is InChI=1S/C18H21N3O3S/c1-20-16-11-10-15(13-17(16)21(2)18(20)22)25(23,24)19-12-6-9-14-7-4-3-5-8-14/h3-5,7-8,10-11,13,19H,6,9,12H2,1-2H3. The molecule has 0 atom stereocenters. The summed E-state index contributed by atoms with van der Waals surface area (Å²) in [7, 11) is -0.301. The van der Waals surface area contributed by atoms with E-state index in [4.69, 9.17) is 0 Å². The molecule has 0 fully saturated rings. The van der Waals surface area contributed by atoms with E-state index in [1.165, 1.54) is 26.8 Å². The highest BCUT2D eigenvalue weighted by Crippen LogP contribution is 2.17. The predicted molar refractivity (Wildman–Crippen MR) is 98.1 cm³/mol. The van der Waals surface area contributed by atoms with Gasteiger partial charge in [-0.2, -0.15) is 0 Å². The molecule has 0 amide bonds. The Labute approximate surface area is 146 Å². The topological polar surface area (TPSA) is 73.1 Å². The van der Waals surface area contributed by atoms with Crippen LogP contribution >= 0.6 is 0 Å². The largest absolute Gasteiger partial charge is 0.328 e. The van der Waals surface area contributed by atoms with Gasteiger partial charge in [-0.05, 0) is 36.6 Å². The zero-order chi connectivity index (χ0) is 18.0. The van der Waals surface area contributed by atoms with Crippen molar-refractivity contribution in [1.82, 2.24) is 13.9 Å². The first-order chi connectivity index (χ1) is 11.9. The van der Waals surface area contributed by atoms with E-state index < -0.39 is 10.0 Å². The summed E-state index contributed by atoms with van der Waals surface area (Å²) in [4.78, 5) is 12.1. The van der Waals surface area contributed by atoms with Crippen molar-refractivity contribution in [3.63, 3.8) is 0 Å². The lowest BCUT2D eigenvalue weighted by molar-refractivity contribution is 0.579. The van der Waals surface area contributed by atoms with Gasteiger partial charge in [0.2, 0.25) is 10.0 Å². The third-order valence-electron chi connectivity index (χ3n) is 4.33. The average molecular weight is 359 g/mol. The molecule has 0 unspecified atom stereocenters. The van der Waals surface area contributed by atoms with E-state index in [2.05, 4.69) is 4.72 Å². The first kappa shape index (κ1) is 17.4. The monoisotopic (exact) mass is 359 g/mol. The summed E-state index contributed by atoms with van der Waals surface area (Å²) in [5.41, 5.74) is 2.30. The average Bonchev–Trinajstić information content (AvgIpc) is 2.84. The molecule has 1 N–H and O–H groups in total. The number of sulfonamides is 1. The van der Waals surface area contributed by atoms with Gasteiger partial charge in [-0.15, -0.1) is 0 Å². The van der Waals surface area contributed by atoms with Crippen molar-refractivity contribution in [2.45, 2.75) is 17.7 Å². The minimum absolute atomic E-state index is 0.168. The van der Waals surface area contributed by atoms with Gasteiger partial charge < -0.3 is 0 Å². The Balaban J connectivity index is 1.72. The summed E-state index contributed by atoms with van der Waals surface area (Å²) >= 11 is 0. The smallest absolute Gasteiger partial charge is 0.295 e. The van der Waals surface area contributed by atoms with E-state index in [1.54, 1.807) is 20.2 Å². The molecule has 2 aromatic carbocycles. The van der Waals surface area contributed by atoms with Gasteiger partial charge in [-0.25, -0.2) is 17.9 Å². The number of fused-ring (bicyclic) bond motifs is 1. The molecule has 0 aliphatic carbocycles. The molecule has 3 rings (SSSR count). The molecule has 0 aliphatic heterocycles.